The highest BCUT2D eigenvalue weighted by atomic mass is 35.5. The highest BCUT2D eigenvalue weighted by Gasteiger charge is 2.19. The van der Waals surface area contributed by atoms with Crippen LogP contribution in [-0.2, 0) is 10.6 Å². The first-order valence-electron chi connectivity index (χ1n) is 9.93. The van der Waals surface area contributed by atoms with E-state index in [9.17, 15) is 4.79 Å². The van der Waals surface area contributed by atoms with Crippen LogP contribution in [0.25, 0.3) is 0 Å². The molecule has 1 aromatic heterocycles. The van der Waals surface area contributed by atoms with Gasteiger partial charge in [-0.1, -0.05) is 31.8 Å². The van der Waals surface area contributed by atoms with Crippen LogP contribution in [-0.4, -0.2) is 39.3 Å². The van der Waals surface area contributed by atoms with Gasteiger partial charge in [0.05, 0.1) is 6.61 Å². The number of thiophene rings is 1. The molecule has 1 amide bonds. The molecule has 2 aromatic rings. The van der Waals surface area contributed by atoms with E-state index in [1.807, 2.05) is 36.6 Å². The van der Waals surface area contributed by atoms with Crippen molar-refractivity contribution in [3.05, 3.63) is 51.7 Å². The number of nitrogens with zero attached hydrogens (tertiary/aromatic N) is 1. The van der Waals surface area contributed by atoms with Crippen LogP contribution >= 0.6 is 22.9 Å². The molecule has 1 aromatic carbocycles. The Bertz CT molecular complexity index is 777. The van der Waals surface area contributed by atoms with Crippen LogP contribution in [0.1, 0.15) is 28.5 Å². The minimum atomic E-state index is -1.21. The maximum absolute atomic E-state index is 12.3. The molecule has 0 bridgehead atoms. The van der Waals surface area contributed by atoms with Gasteiger partial charge in [-0.25, -0.2) is 4.79 Å². The second kappa shape index (κ2) is 11.0. The third-order valence-electron chi connectivity index (χ3n) is 4.71. The van der Waals surface area contributed by atoms with Crippen LogP contribution in [0.3, 0.4) is 0 Å². The van der Waals surface area contributed by atoms with Gasteiger partial charge in [-0.15, -0.1) is 22.9 Å². The Morgan fingerprint density at radius 2 is 2.03 bits per heavy atom. The first kappa shape index (κ1) is 23.8. The zero-order valence-corrected chi connectivity index (χ0v) is 20.6. The van der Waals surface area contributed by atoms with E-state index in [0.717, 1.165) is 27.8 Å². The predicted molar refractivity (Wildman–Crippen MR) is 125 cm³/mol. The molecule has 0 aliphatic carbocycles. The van der Waals surface area contributed by atoms with Crippen molar-refractivity contribution in [2.75, 3.05) is 20.2 Å². The molecule has 4 nitrogen and oxygen atoms in total. The van der Waals surface area contributed by atoms with E-state index in [4.69, 9.17) is 21.1 Å². The van der Waals surface area contributed by atoms with Crippen molar-refractivity contribution in [3.63, 3.8) is 0 Å². The molecule has 0 radical (unpaired) electrons. The van der Waals surface area contributed by atoms with E-state index in [1.54, 1.807) is 23.3 Å². The number of carbonyl (C=O) groups excluding carboxylic acids is 1. The topological polar surface area (TPSA) is 38.8 Å². The van der Waals surface area contributed by atoms with Gasteiger partial charge in [-0.2, -0.15) is 0 Å². The molecule has 0 spiro atoms. The van der Waals surface area contributed by atoms with Gasteiger partial charge in [-0.3, -0.25) is 0 Å². The molecule has 0 fully saturated rings. The van der Waals surface area contributed by atoms with Crippen LogP contribution in [0, 0.1) is 6.92 Å². The van der Waals surface area contributed by atoms with Crippen molar-refractivity contribution >= 4 is 37.1 Å². The SMILES string of the molecule is Cc1cc(O[C@@H](CCN(C)C(=O)OCC[Si](C)(C)C)c2cccs2)ccc1CCl. The Morgan fingerprint density at radius 3 is 2.62 bits per heavy atom. The molecule has 29 heavy (non-hydrogen) atoms. The summed E-state index contributed by atoms with van der Waals surface area (Å²) in [7, 11) is 0.570. The zero-order chi connectivity index (χ0) is 21.4. The lowest BCUT2D eigenvalue weighted by Gasteiger charge is -2.23. The molecule has 1 heterocycles. The maximum Gasteiger partial charge on any atom is 0.409 e. The van der Waals surface area contributed by atoms with Crippen molar-refractivity contribution < 1.29 is 14.3 Å². The number of hydrogen-bond acceptors (Lipinski definition) is 4. The highest BCUT2D eigenvalue weighted by Crippen LogP contribution is 2.29. The summed E-state index contributed by atoms with van der Waals surface area (Å²) < 4.78 is 11.7. The number of carbonyl (C=O) groups is 1. The molecule has 2 rings (SSSR count). The molecular formula is C22H32ClNO3SSi. The second-order valence-electron chi connectivity index (χ2n) is 8.48. The fraction of sp³-hybridized carbons (Fsp3) is 0.500. The Kier molecular flexibility index (Phi) is 9.05. The summed E-state index contributed by atoms with van der Waals surface area (Å²) in [4.78, 5) is 15.0. The van der Waals surface area contributed by atoms with Gasteiger partial charge in [0, 0.05) is 38.8 Å². The average Bonchev–Trinajstić information content (AvgIpc) is 3.18. The number of hydrogen-bond donors (Lipinski definition) is 0. The number of rotatable bonds is 10. The highest BCUT2D eigenvalue weighted by molar-refractivity contribution is 7.10. The predicted octanol–water partition coefficient (Wildman–Crippen LogP) is 6.71. The largest absolute Gasteiger partial charge is 0.485 e. The summed E-state index contributed by atoms with van der Waals surface area (Å²) >= 11 is 7.62. The Balaban J connectivity index is 1.95. The molecule has 1 atom stereocenters. The van der Waals surface area contributed by atoms with E-state index in [1.165, 1.54) is 0 Å². The van der Waals surface area contributed by atoms with Crippen molar-refractivity contribution in [3.8, 4) is 5.75 Å². The summed E-state index contributed by atoms with van der Waals surface area (Å²) in [6.45, 7) is 9.91. The molecule has 0 saturated carbocycles. The maximum atomic E-state index is 12.3. The molecule has 0 aliphatic rings. The average molecular weight is 454 g/mol. The van der Waals surface area contributed by atoms with E-state index in [2.05, 4.69) is 25.7 Å². The lowest BCUT2D eigenvalue weighted by Crippen LogP contribution is -2.31. The standard InChI is InChI=1S/C22H32ClNO3SSi/c1-17-15-19(9-8-18(17)16-23)27-20(21-7-6-13-28-21)10-11-24(2)22(25)26-12-14-29(3,4)5/h6-9,13,15,20H,10-12,14,16H2,1-5H3/t20-/m0/s1. The van der Waals surface area contributed by atoms with Gasteiger partial charge in [0.2, 0.25) is 0 Å². The second-order valence-corrected chi connectivity index (χ2v) is 15.3. The number of halogens is 1. The van der Waals surface area contributed by atoms with Crippen LogP contribution in [0.5, 0.6) is 5.75 Å². The van der Waals surface area contributed by atoms with Crippen molar-refractivity contribution in [1.82, 2.24) is 4.90 Å². The number of alkyl halides is 1. The molecular weight excluding hydrogens is 422 g/mol. The lowest BCUT2D eigenvalue weighted by molar-refractivity contribution is 0.108. The quantitative estimate of drug-likeness (QED) is 0.296. The summed E-state index contributed by atoms with van der Waals surface area (Å²) in [6, 6.07) is 11.1. The van der Waals surface area contributed by atoms with E-state index in [0.29, 0.717) is 25.5 Å². The number of ether oxygens (including phenoxy) is 2. The molecule has 0 saturated heterocycles. The van der Waals surface area contributed by atoms with Crippen LogP contribution in [0.15, 0.2) is 35.7 Å². The summed E-state index contributed by atoms with van der Waals surface area (Å²) in [5.41, 5.74) is 2.22. The monoisotopic (exact) mass is 453 g/mol. The van der Waals surface area contributed by atoms with E-state index < -0.39 is 8.07 Å². The number of aryl methyl sites for hydroxylation is 1. The van der Waals surface area contributed by atoms with Crippen LogP contribution in [0.4, 0.5) is 4.79 Å². The third kappa shape index (κ3) is 8.03. The van der Waals surface area contributed by atoms with Crippen molar-refractivity contribution in [2.45, 2.75) is 51.0 Å². The third-order valence-corrected chi connectivity index (χ3v) is 7.67. The van der Waals surface area contributed by atoms with Crippen molar-refractivity contribution in [1.29, 1.82) is 0 Å². The molecule has 7 heteroatoms. The minimum Gasteiger partial charge on any atom is -0.485 e. The van der Waals surface area contributed by atoms with Gasteiger partial charge in [0.15, 0.2) is 0 Å². The smallest absolute Gasteiger partial charge is 0.409 e. The van der Waals surface area contributed by atoms with Crippen LogP contribution < -0.4 is 4.74 Å². The Morgan fingerprint density at radius 1 is 1.28 bits per heavy atom. The molecule has 160 valence electrons. The molecule has 0 N–H and O–H groups in total. The summed E-state index contributed by atoms with van der Waals surface area (Å²) in [6.07, 6.45) is 0.306. The first-order valence-corrected chi connectivity index (χ1v) is 15.0. The molecule has 0 aliphatic heterocycles. The fourth-order valence-corrected chi connectivity index (χ4v) is 4.55. The van der Waals surface area contributed by atoms with Gasteiger partial charge in [-0.05, 0) is 47.7 Å². The van der Waals surface area contributed by atoms with E-state index >= 15 is 0 Å². The zero-order valence-electron chi connectivity index (χ0n) is 18.0. The van der Waals surface area contributed by atoms with Gasteiger partial charge in [0.1, 0.15) is 11.9 Å². The van der Waals surface area contributed by atoms with Gasteiger partial charge >= 0.3 is 6.09 Å². The first-order chi connectivity index (χ1) is 13.7. The lowest BCUT2D eigenvalue weighted by atomic mass is 10.1. The van der Waals surface area contributed by atoms with Gasteiger partial charge < -0.3 is 14.4 Å². The minimum absolute atomic E-state index is 0.117. The van der Waals surface area contributed by atoms with Crippen molar-refractivity contribution in [2.24, 2.45) is 0 Å². The van der Waals surface area contributed by atoms with E-state index in [-0.39, 0.29) is 12.2 Å². The number of amides is 1. The normalized spacial score (nSPS) is 12.5. The summed E-state index contributed by atoms with van der Waals surface area (Å²) in [5, 5.41) is 2.04. The number of benzene rings is 1. The Hall–Kier alpha value is -1.50. The Labute approximate surface area is 184 Å². The van der Waals surface area contributed by atoms with Crippen LogP contribution in [0.2, 0.25) is 25.7 Å². The fourth-order valence-electron chi connectivity index (χ4n) is 2.75. The van der Waals surface area contributed by atoms with Gasteiger partial charge in [0.25, 0.3) is 0 Å². The molecule has 0 unspecified atom stereocenters. The summed E-state index contributed by atoms with van der Waals surface area (Å²) in [5.74, 6) is 1.31.